The third-order valence-electron chi connectivity index (χ3n) is 3.86. The number of nitrogens with two attached hydrogens (primary N) is 2. The number of hydrogen-bond donors (Lipinski definition) is 3. The summed E-state index contributed by atoms with van der Waals surface area (Å²) in [5.41, 5.74) is 13.7. The number of aromatic nitrogens is 2. The van der Waals surface area contributed by atoms with Gasteiger partial charge < -0.3 is 21.5 Å². The fourth-order valence-corrected chi connectivity index (χ4v) is 2.76. The molecule has 23 heavy (non-hydrogen) atoms. The van der Waals surface area contributed by atoms with Gasteiger partial charge in [0, 0.05) is 17.1 Å². The van der Waals surface area contributed by atoms with Crippen LogP contribution < -0.4 is 16.8 Å². The molecule has 1 fully saturated rings. The third-order valence-corrected chi connectivity index (χ3v) is 4.08. The second-order valence-corrected chi connectivity index (χ2v) is 6.74. The fourth-order valence-electron chi connectivity index (χ4n) is 2.52. The van der Waals surface area contributed by atoms with E-state index in [1.54, 1.807) is 6.20 Å². The smallest absolute Gasteiger partial charge is 0.166 e. The van der Waals surface area contributed by atoms with Gasteiger partial charge >= 0.3 is 0 Å². The van der Waals surface area contributed by atoms with Crippen molar-refractivity contribution in [3.05, 3.63) is 35.0 Å². The Hall–Kier alpha value is -1.89. The van der Waals surface area contributed by atoms with E-state index < -0.39 is 0 Å². The van der Waals surface area contributed by atoms with Crippen LogP contribution in [0.15, 0.2) is 24.4 Å². The van der Waals surface area contributed by atoms with Crippen molar-refractivity contribution in [2.45, 2.75) is 25.5 Å². The zero-order valence-electron chi connectivity index (χ0n) is 13.1. The molecule has 2 aromatic rings. The fraction of sp³-hybridized carbons (Fsp3) is 0.375. The summed E-state index contributed by atoms with van der Waals surface area (Å²) < 4.78 is 5.88. The second kappa shape index (κ2) is 5.96. The molecule has 0 aliphatic carbocycles. The van der Waals surface area contributed by atoms with Gasteiger partial charge in [-0.1, -0.05) is 11.6 Å². The molecule has 0 saturated carbocycles. The molecule has 0 bridgehead atoms. The Morgan fingerprint density at radius 3 is 2.70 bits per heavy atom. The lowest BCUT2D eigenvalue weighted by molar-refractivity contribution is -0.0586. The summed E-state index contributed by atoms with van der Waals surface area (Å²) in [6.07, 6.45) is 1.59. The molecule has 122 valence electrons. The first kappa shape index (κ1) is 16.0. The molecule has 1 aromatic heterocycles. The monoisotopic (exact) mass is 333 g/mol. The number of nitrogens with one attached hydrogen (secondary N) is 1. The van der Waals surface area contributed by atoms with Crippen molar-refractivity contribution in [2.75, 3.05) is 24.6 Å². The first-order valence-electron chi connectivity index (χ1n) is 7.40. The molecule has 5 N–H and O–H groups in total. The molecule has 1 saturated heterocycles. The van der Waals surface area contributed by atoms with Gasteiger partial charge in [-0.3, -0.25) is 0 Å². The van der Waals surface area contributed by atoms with Gasteiger partial charge in [-0.25, -0.2) is 9.97 Å². The highest BCUT2D eigenvalue weighted by Crippen LogP contribution is 2.29. The summed E-state index contributed by atoms with van der Waals surface area (Å²) in [6, 6.07) is 5.86. The van der Waals surface area contributed by atoms with Crippen LogP contribution >= 0.6 is 11.6 Å². The zero-order valence-corrected chi connectivity index (χ0v) is 13.9. The van der Waals surface area contributed by atoms with Crippen LogP contribution in [0.25, 0.3) is 11.3 Å². The predicted molar refractivity (Wildman–Crippen MR) is 92.1 cm³/mol. The van der Waals surface area contributed by atoms with Gasteiger partial charge in [-0.2, -0.15) is 0 Å². The standard InChI is InChI=1S/C16H20ClN5O/c1-16(2)8-21-13(7-23-16)10-3-9(4-11(17)5-10)12-6-20-14(18)15(19)22-12/h3-6,13,21H,7-8H2,1-2H3,(H2,18,20)(H2,19,22). The van der Waals surface area contributed by atoms with Crippen LogP contribution in [0.3, 0.4) is 0 Å². The molecule has 0 radical (unpaired) electrons. The van der Waals surface area contributed by atoms with Crippen molar-refractivity contribution >= 4 is 23.2 Å². The van der Waals surface area contributed by atoms with E-state index in [1.807, 2.05) is 18.2 Å². The quantitative estimate of drug-likeness (QED) is 0.780. The number of halogens is 1. The molecule has 1 atom stereocenters. The third kappa shape index (κ3) is 3.55. The minimum atomic E-state index is -0.158. The lowest BCUT2D eigenvalue weighted by Crippen LogP contribution is -2.47. The number of benzene rings is 1. The van der Waals surface area contributed by atoms with E-state index in [2.05, 4.69) is 29.1 Å². The van der Waals surface area contributed by atoms with Crippen LogP contribution in [-0.4, -0.2) is 28.7 Å². The lowest BCUT2D eigenvalue weighted by Gasteiger charge is -2.36. The van der Waals surface area contributed by atoms with Crippen molar-refractivity contribution in [1.82, 2.24) is 15.3 Å². The molecule has 7 heteroatoms. The van der Waals surface area contributed by atoms with Gasteiger partial charge in [0.1, 0.15) is 0 Å². The minimum Gasteiger partial charge on any atom is -0.381 e. The Balaban J connectivity index is 1.92. The van der Waals surface area contributed by atoms with E-state index in [4.69, 9.17) is 27.8 Å². The minimum absolute atomic E-state index is 0.0829. The molecule has 1 aromatic carbocycles. The van der Waals surface area contributed by atoms with Crippen molar-refractivity contribution in [3.8, 4) is 11.3 Å². The van der Waals surface area contributed by atoms with Crippen LogP contribution in [0, 0.1) is 0 Å². The molecule has 0 amide bonds. The number of nitrogen functional groups attached to an aromatic ring is 2. The first-order chi connectivity index (χ1) is 10.8. The number of morpholine rings is 1. The van der Waals surface area contributed by atoms with E-state index in [-0.39, 0.29) is 23.3 Å². The van der Waals surface area contributed by atoms with Crippen LogP contribution in [-0.2, 0) is 4.74 Å². The zero-order chi connectivity index (χ0) is 16.6. The molecular weight excluding hydrogens is 314 g/mol. The van der Waals surface area contributed by atoms with Gasteiger partial charge in [0.15, 0.2) is 11.6 Å². The molecule has 3 rings (SSSR count). The maximum absolute atomic E-state index is 6.27. The molecular formula is C16H20ClN5O. The van der Waals surface area contributed by atoms with Gasteiger partial charge in [0.05, 0.1) is 30.1 Å². The first-order valence-corrected chi connectivity index (χ1v) is 7.78. The number of nitrogens with zero attached hydrogens (tertiary/aromatic N) is 2. The van der Waals surface area contributed by atoms with Crippen LogP contribution in [0.5, 0.6) is 0 Å². The molecule has 0 spiro atoms. The van der Waals surface area contributed by atoms with Gasteiger partial charge in [0.2, 0.25) is 0 Å². The Morgan fingerprint density at radius 2 is 2.04 bits per heavy atom. The highest BCUT2D eigenvalue weighted by Gasteiger charge is 2.28. The Bertz CT molecular complexity index is 724. The van der Waals surface area contributed by atoms with Crippen molar-refractivity contribution in [1.29, 1.82) is 0 Å². The van der Waals surface area contributed by atoms with Gasteiger partial charge in [-0.05, 0) is 37.6 Å². The maximum atomic E-state index is 6.27. The van der Waals surface area contributed by atoms with Crippen molar-refractivity contribution < 1.29 is 4.74 Å². The molecule has 1 aliphatic rings. The second-order valence-electron chi connectivity index (χ2n) is 6.30. The van der Waals surface area contributed by atoms with E-state index in [9.17, 15) is 0 Å². The van der Waals surface area contributed by atoms with E-state index in [1.165, 1.54) is 0 Å². The average Bonchev–Trinajstić information content (AvgIpc) is 2.49. The highest BCUT2D eigenvalue weighted by atomic mass is 35.5. The Labute approximate surface area is 140 Å². The normalized spacial score (nSPS) is 20.4. The molecule has 6 nitrogen and oxygen atoms in total. The number of hydrogen-bond acceptors (Lipinski definition) is 6. The van der Waals surface area contributed by atoms with Crippen LogP contribution in [0.2, 0.25) is 5.02 Å². The van der Waals surface area contributed by atoms with E-state index >= 15 is 0 Å². The van der Waals surface area contributed by atoms with Gasteiger partial charge in [0.25, 0.3) is 0 Å². The molecule has 1 aliphatic heterocycles. The summed E-state index contributed by atoms with van der Waals surface area (Å²) in [7, 11) is 0. The van der Waals surface area contributed by atoms with Gasteiger partial charge in [-0.15, -0.1) is 0 Å². The number of anilines is 2. The maximum Gasteiger partial charge on any atom is 0.166 e. The Kier molecular flexibility index (Phi) is 4.14. The van der Waals surface area contributed by atoms with E-state index in [0.717, 1.165) is 17.7 Å². The summed E-state index contributed by atoms with van der Waals surface area (Å²) in [4.78, 5) is 8.33. The van der Waals surface area contributed by atoms with Crippen LogP contribution in [0.1, 0.15) is 25.5 Å². The summed E-state index contributed by atoms with van der Waals surface area (Å²) in [6.45, 7) is 5.48. The number of rotatable bonds is 2. The molecule has 2 heterocycles. The van der Waals surface area contributed by atoms with Crippen LogP contribution in [0.4, 0.5) is 11.6 Å². The Morgan fingerprint density at radius 1 is 1.26 bits per heavy atom. The summed E-state index contributed by atoms with van der Waals surface area (Å²) in [5.74, 6) is 0.436. The topological polar surface area (TPSA) is 99.1 Å². The highest BCUT2D eigenvalue weighted by molar-refractivity contribution is 6.31. The lowest BCUT2D eigenvalue weighted by atomic mass is 9.99. The predicted octanol–water partition coefficient (Wildman–Crippen LogP) is 2.40. The number of ether oxygens (including phenoxy) is 1. The van der Waals surface area contributed by atoms with Crippen molar-refractivity contribution in [2.24, 2.45) is 0 Å². The SMILES string of the molecule is CC1(C)CNC(c2cc(Cl)cc(-c3cnc(N)c(N)n3)c2)CO1. The largest absolute Gasteiger partial charge is 0.381 e. The van der Waals surface area contributed by atoms with E-state index in [0.29, 0.717) is 17.3 Å². The van der Waals surface area contributed by atoms with Crippen molar-refractivity contribution in [3.63, 3.8) is 0 Å². The molecule has 1 unspecified atom stereocenters. The average molecular weight is 334 g/mol. The summed E-state index contributed by atoms with van der Waals surface area (Å²) in [5, 5.41) is 4.11. The summed E-state index contributed by atoms with van der Waals surface area (Å²) >= 11 is 6.27.